The van der Waals surface area contributed by atoms with Gasteiger partial charge in [0.1, 0.15) is 0 Å². The van der Waals surface area contributed by atoms with Crippen LogP contribution in [0.15, 0.2) is 0 Å². The van der Waals surface area contributed by atoms with E-state index in [-0.39, 0.29) is 0 Å². The van der Waals surface area contributed by atoms with E-state index in [0.717, 1.165) is 12.1 Å². The van der Waals surface area contributed by atoms with Crippen LogP contribution in [0.3, 0.4) is 0 Å². The first-order valence-electron chi connectivity index (χ1n) is 7.45. The van der Waals surface area contributed by atoms with E-state index in [1.807, 2.05) is 0 Å². The number of nitrogens with one attached hydrogen (secondary N) is 1. The summed E-state index contributed by atoms with van der Waals surface area (Å²) in [5.74, 6) is 0. The molecule has 1 saturated heterocycles. The Balaban J connectivity index is 1.62. The van der Waals surface area contributed by atoms with E-state index in [2.05, 4.69) is 29.1 Å². The minimum Gasteiger partial charge on any atom is -0.313 e. The summed E-state index contributed by atoms with van der Waals surface area (Å²) >= 11 is 0. The molecule has 0 aromatic rings. The van der Waals surface area contributed by atoms with Gasteiger partial charge in [0.25, 0.3) is 0 Å². The van der Waals surface area contributed by atoms with Crippen LogP contribution in [0.4, 0.5) is 0 Å². The first kappa shape index (κ1) is 13.3. The van der Waals surface area contributed by atoms with Gasteiger partial charge in [0, 0.05) is 31.7 Å². The van der Waals surface area contributed by atoms with Crippen LogP contribution in [0.2, 0.25) is 0 Å². The van der Waals surface area contributed by atoms with Crippen molar-refractivity contribution in [1.29, 1.82) is 0 Å². The molecule has 1 heterocycles. The number of nitrogens with zero attached hydrogens (tertiary/aromatic N) is 2. The fraction of sp³-hybridized carbons (Fsp3) is 1.00. The van der Waals surface area contributed by atoms with E-state index in [1.54, 1.807) is 0 Å². The molecule has 3 nitrogen and oxygen atoms in total. The van der Waals surface area contributed by atoms with Crippen molar-refractivity contribution in [2.24, 2.45) is 0 Å². The largest absolute Gasteiger partial charge is 0.313 e. The molecule has 0 radical (unpaired) electrons. The fourth-order valence-corrected chi connectivity index (χ4v) is 2.77. The van der Waals surface area contributed by atoms with Gasteiger partial charge in [-0.1, -0.05) is 6.92 Å². The topological polar surface area (TPSA) is 18.5 Å². The molecule has 1 aliphatic carbocycles. The predicted octanol–water partition coefficient (Wildman–Crippen LogP) is 1.54. The van der Waals surface area contributed by atoms with Gasteiger partial charge in [0.2, 0.25) is 0 Å². The van der Waals surface area contributed by atoms with Crippen LogP contribution in [0.1, 0.15) is 39.0 Å². The Hall–Kier alpha value is -0.120. The molecular weight excluding hydrogens is 210 g/mol. The van der Waals surface area contributed by atoms with Crippen molar-refractivity contribution in [3.63, 3.8) is 0 Å². The van der Waals surface area contributed by atoms with Gasteiger partial charge >= 0.3 is 0 Å². The Bertz CT molecular complexity index is 216. The summed E-state index contributed by atoms with van der Waals surface area (Å²) in [6.45, 7) is 8.52. The van der Waals surface area contributed by atoms with Crippen molar-refractivity contribution in [2.75, 3.05) is 39.8 Å². The molecule has 2 fully saturated rings. The van der Waals surface area contributed by atoms with Crippen LogP contribution in [0.25, 0.3) is 0 Å². The van der Waals surface area contributed by atoms with Crippen molar-refractivity contribution in [1.82, 2.24) is 15.1 Å². The lowest BCUT2D eigenvalue weighted by Crippen LogP contribution is -2.47. The molecule has 17 heavy (non-hydrogen) atoms. The summed E-state index contributed by atoms with van der Waals surface area (Å²) in [7, 11) is 2.29. The average molecular weight is 239 g/mol. The summed E-state index contributed by atoms with van der Waals surface area (Å²) in [5.41, 5.74) is 0. The molecule has 1 unspecified atom stereocenters. The van der Waals surface area contributed by atoms with Crippen LogP contribution >= 0.6 is 0 Å². The Morgan fingerprint density at radius 3 is 2.82 bits per heavy atom. The first-order chi connectivity index (χ1) is 8.29. The van der Waals surface area contributed by atoms with Gasteiger partial charge in [0.05, 0.1) is 0 Å². The maximum atomic E-state index is 3.67. The Kier molecular flexibility index (Phi) is 5.26. The van der Waals surface area contributed by atoms with Crippen LogP contribution in [0, 0.1) is 0 Å². The quantitative estimate of drug-likeness (QED) is 0.727. The molecule has 2 rings (SSSR count). The van der Waals surface area contributed by atoms with E-state index in [1.165, 1.54) is 64.8 Å². The van der Waals surface area contributed by atoms with Crippen LogP contribution in [-0.4, -0.2) is 61.7 Å². The zero-order valence-corrected chi connectivity index (χ0v) is 11.6. The van der Waals surface area contributed by atoms with Gasteiger partial charge < -0.3 is 15.1 Å². The molecule has 100 valence electrons. The van der Waals surface area contributed by atoms with Gasteiger partial charge in [-0.15, -0.1) is 0 Å². The number of hydrogen-bond acceptors (Lipinski definition) is 3. The van der Waals surface area contributed by atoms with Crippen LogP contribution < -0.4 is 5.32 Å². The highest BCUT2D eigenvalue weighted by molar-refractivity contribution is 4.84. The van der Waals surface area contributed by atoms with Crippen molar-refractivity contribution in [3.05, 3.63) is 0 Å². The van der Waals surface area contributed by atoms with Crippen LogP contribution in [-0.2, 0) is 0 Å². The molecule has 1 saturated carbocycles. The van der Waals surface area contributed by atoms with E-state index >= 15 is 0 Å². The number of piperidine rings is 1. The number of likely N-dealkylation sites (N-methyl/N-ethyl adjacent to an activating group) is 1. The normalized spacial score (nSPS) is 26.6. The number of rotatable bonds is 7. The molecule has 0 spiro atoms. The second-order valence-corrected chi connectivity index (χ2v) is 5.81. The van der Waals surface area contributed by atoms with Crippen molar-refractivity contribution in [3.8, 4) is 0 Å². The van der Waals surface area contributed by atoms with Gasteiger partial charge in [-0.25, -0.2) is 0 Å². The third kappa shape index (κ3) is 4.57. The molecular formula is C14H29N3. The zero-order chi connectivity index (χ0) is 12.1. The summed E-state index contributed by atoms with van der Waals surface area (Å²) in [6, 6.07) is 1.66. The minimum atomic E-state index is 0.745. The summed E-state index contributed by atoms with van der Waals surface area (Å²) < 4.78 is 0. The van der Waals surface area contributed by atoms with Gasteiger partial charge in [0.15, 0.2) is 0 Å². The Morgan fingerprint density at radius 1 is 1.29 bits per heavy atom. The van der Waals surface area contributed by atoms with Crippen LogP contribution in [0.5, 0.6) is 0 Å². The minimum absolute atomic E-state index is 0.745. The second kappa shape index (κ2) is 6.72. The molecule has 0 aromatic heterocycles. The molecule has 2 aliphatic rings. The second-order valence-electron chi connectivity index (χ2n) is 5.81. The molecule has 0 bridgehead atoms. The number of hydrogen-bond donors (Lipinski definition) is 1. The van der Waals surface area contributed by atoms with E-state index in [0.29, 0.717) is 0 Å². The lowest BCUT2D eigenvalue weighted by molar-refractivity contribution is 0.167. The Labute approximate surface area is 107 Å². The Morgan fingerprint density at radius 2 is 2.12 bits per heavy atom. The van der Waals surface area contributed by atoms with Crippen molar-refractivity contribution >= 4 is 0 Å². The van der Waals surface area contributed by atoms with E-state index in [9.17, 15) is 0 Å². The van der Waals surface area contributed by atoms with Crippen molar-refractivity contribution in [2.45, 2.75) is 51.1 Å². The number of likely N-dealkylation sites (tertiary alicyclic amines) is 1. The third-order valence-electron chi connectivity index (χ3n) is 4.13. The first-order valence-corrected chi connectivity index (χ1v) is 7.45. The highest BCUT2D eigenvalue weighted by atomic mass is 15.2. The smallest absolute Gasteiger partial charge is 0.0195 e. The van der Waals surface area contributed by atoms with E-state index < -0.39 is 0 Å². The predicted molar refractivity (Wildman–Crippen MR) is 73.4 cm³/mol. The molecule has 0 amide bonds. The molecule has 0 aromatic carbocycles. The van der Waals surface area contributed by atoms with Gasteiger partial charge in [-0.05, 0) is 52.2 Å². The molecule has 1 atom stereocenters. The molecule has 1 N–H and O–H groups in total. The standard InChI is InChI=1S/C14H29N3/c1-3-8-15-13-5-4-9-17(12-13)11-10-16(2)14-6-7-14/h13-15H,3-12H2,1-2H3. The average Bonchev–Trinajstić information content (AvgIpc) is 3.18. The third-order valence-corrected chi connectivity index (χ3v) is 4.13. The van der Waals surface area contributed by atoms with Crippen molar-refractivity contribution < 1.29 is 0 Å². The van der Waals surface area contributed by atoms with Gasteiger partial charge in [-0.2, -0.15) is 0 Å². The zero-order valence-electron chi connectivity index (χ0n) is 11.6. The fourth-order valence-electron chi connectivity index (χ4n) is 2.77. The summed E-state index contributed by atoms with van der Waals surface area (Å²) in [6.07, 6.45) is 6.85. The lowest BCUT2D eigenvalue weighted by atomic mass is 10.1. The SMILES string of the molecule is CCCNC1CCCN(CCN(C)C2CC2)C1. The van der Waals surface area contributed by atoms with E-state index in [4.69, 9.17) is 0 Å². The highest BCUT2D eigenvalue weighted by Gasteiger charge is 2.26. The van der Waals surface area contributed by atoms with Gasteiger partial charge in [-0.3, -0.25) is 0 Å². The maximum Gasteiger partial charge on any atom is 0.0195 e. The summed E-state index contributed by atoms with van der Waals surface area (Å²) in [5, 5.41) is 3.67. The molecule has 3 heteroatoms. The highest BCUT2D eigenvalue weighted by Crippen LogP contribution is 2.25. The monoisotopic (exact) mass is 239 g/mol. The molecule has 1 aliphatic heterocycles. The lowest BCUT2D eigenvalue weighted by Gasteiger charge is -2.34. The summed E-state index contributed by atoms with van der Waals surface area (Å²) in [4.78, 5) is 5.19. The maximum absolute atomic E-state index is 3.67.